The zero-order valence-corrected chi connectivity index (χ0v) is 17.9. The van der Waals surface area contributed by atoms with E-state index >= 15 is 0 Å². The van der Waals surface area contributed by atoms with Gasteiger partial charge in [0.1, 0.15) is 0 Å². The highest BCUT2D eigenvalue weighted by Crippen LogP contribution is 2.32. The van der Waals surface area contributed by atoms with Crippen LogP contribution in [0.25, 0.3) is 21.2 Å². The summed E-state index contributed by atoms with van der Waals surface area (Å²) in [7, 11) is 0. The minimum absolute atomic E-state index is 0.0755. The average Bonchev–Trinajstić information content (AvgIpc) is 3.39. The largest absolute Gasteiger partial charge is 0.490 e. The molecule has 1 fully saturated rings. The van der Waals surface area contributed by atoms with Crippen LogP contribution in [0.2, 0.25) is 0 Å². The Kier molecular flexibility index (Phi) is 4.83. The van der Waals surface area contributed by atoms with Gasteiger partial charge in [0.15, 0.2) is 22.2 Å². The lowest BCUT2D eigenvalue weighted by Gasteiger charge is -2.34. The average molecular weight is 422 g/mol. The number of nitrogens with zero attached hydrogens (tertiary/aromatic N) is 3. The highest BCUT2D eigenvalue weighted by atomic mass is 32.1. The molecule has 0 radical (unpaired) electrons. The zero-order valence-electron chi connectivity index (χ0n) is 17.1. The van der Waals surface area contributed by atoms with E-state index in [1.165, 1.54) is 10.3 Å². The van der Waals surface area contributed by atoms with Gasteiger partial charge in [-0.15, -0.1) is 0 Å². The molecule has 7 heteroatoms. The quantitative estimate of drug-likeness (QED) is 0.478. The van der Waals surface area contributed by atoms with Gasteiger partial charge in [0.25, 0.3) is 5.91 Å². The summed E-state index contributed by atoms with van der Waals surface area (Å²) < 4.78 is 12.7. The number of piperazine rings is 1. The Bertz CT molecular complexity index is 1220. The van der Waals surface area contributed by atoms with E-state index < -0.39 is 0 Å². The lowest BCUT2D eigenvalue weighted by Crippen LogP contribution is -2.48. The van der Waals surface area contributed by atoms with Crippen molar-refractivity contribution in [1.29, 1.82) is 0 Å². The van der Waals surface area contributed by atoms with Crippen molar-refractivity contribution in [3.63, 3.8) is 0 Å². The Balaban J connectivity index is 1.31. The number of carbonyl (C=O) groups excluding carboxylic acids is 1. The normalized spacial score (nSPS) is 14.6. The second-order valence-corrected chi connectivity index (χ2v) is 8.42. The van der Waals surface area contributed by atoms with Crippen molar-refractivity contribution in [3.8, 4) is 5.75 Å². The van der Waals surface area contributed by atoms with Crippen LogP contribution in [0.1, 0.15) is 23.0 Å². The van der Waals surface area contributed by atoms with Gasteiger partial charge in [-0.05, 0) is 37.6 Å². The molecule has 1 saturated heterocycles. The Hall–Kier alpha value is -3.06. The number of anilines is 1. The molecule has 0 saturated carbocycles. The van der Waals surface area contributed by atoms with Crippen LogP contribution < -0.4 is 9.64 Å². The molecular weight excluding hydrogens is 398 g/mol. The number of hydrogen-bond acceptors (Lipinski definition) is 6. The number of ether oxygens (including phenoxy) is 1. The zero-order chi connectivity index (χ0) is 20.7. The minimum Gasteiger partial charge on any atom is -0.490 e. The van der Waals surface area contributed by atoms with Gasteiger partial charge in [0, 0.05) is 31.6 Å². The van der Waals surface area contributed by atoms with Crippen LogP contribution in [0.15, 0.2) is 46.9 Å². The fourth-order valence-corrected chi connectivity index (χ4v) is 4.97. The number of para-hydroxylation sites is 2. The van der Waals surface area contributed by atoms with Crippen LogP contribution >= 0.6 is 11.3 Å². The predicted molar refractivity (Wildman–Crippen MR) is 120 cm³/mol. The summed E-state index contributed by atoms with van der Waals surface area (Å²) in [6.45, 7) is 7.37. The van der Waals surface area contributed by atoms with Gasteiger partial charge in [0.05, 0.1) is 16.8 Å². The standard InChI is InChI=1S/C23H23N3O3S/c1-3-28-17-8-5-7-16-14-18(29-21(16)17)22(27)25-10-12-26(13-11-25)23-24-20-15(2)6-4-9-19(20)30-23/h4-9,14H,3,10-13H2,1-2H3. The molecular formula is C23H23N3O3S. The molecule has 0 spiro atoms. The maximum Gasteiger partial charge on any atom is 0.289 e. The summed E-state index contributed by atoms with van der Waals surface area (Å²) in [5.41, 5.74) is 2.90. The van der Waals surface area contributed by atoms with Crippen molar-refractivity contribution in [2.24, 2.45) is 0 Å². The minimum atomic E-state index is -0.0755. The van der Waals surface area contributed by atoms with E-state index in [1.54, 1.807) is 11.3 Å². The molecule has 0 unspecified atom stereocenters. The highest BCUT2D eigenvalue weighted by Gasteiger charge is 2.26. The number of aryl methyl sites for hydroxylation is 1. The first-order valence-electron chi connectivity index (χ1n) is 10.2. The maximum absolute atomic E-state index is 13.0. The summed E-state index contributed by atoms with van der Waals surface area (Å²) in [5, 5.41) is 1.91. The number of carbonyl (C=O) groups is 1. The molecule has 154 valence electrons. The van der Waals surface area contributed by atoms with Crippen LogP contribution in [0.3, 0.4) is 0 Å². The summed E-state index contributed by atoms with van der Waals surface area (Å²) in [5.74, 6) is 0.958. The van der Waals surface area contributed by atoms with Crippen molar-refractivity contribution in [2.45, 2.75) is 13.8 Å². The molecule has 1 amide bonds. The van der Waals surface area contributed by atoms with Gasteiger partial charge in [-0.2, -0.15) is 0 Å². The topological polar surface area (TPSA) is 58.8 Å². The van der Waals surface area contributed by atoms with E-state index in [2.05, 4.69) is 30.0 Å². The molecule has 2 aromatic carbocycles. The second kappa shape index (κ2) is 7.65. The van der Waals surface area contributed by atoms with Gasteiger partial charge in [-0.1, -0.05) is 35.6 Å². The van der Waals surface area contributed by atoms with Gasteiger partial charge in [-0.25, -0.2) is 4.98 Å². The van der Waals surface area contributed by atoms with Gasteiger partial charge < -0.3 is 19.0 Å². The monoisotopic (exact) mass is 421 g/mol. The van der Waals surface area contributed by atoms with E-state index in [-0.39, 0.29) is 5.91 Å². The molecule has 0 bridgehead atoms. The van der Waals surface area contributed by atoms with E-state index in [4.69, 9.17) is 14.1 Å². The number of furan rings is 1. The van der Waals surface area contributed by atoms with Crippen molar-refractivity contribution < 1.29 is 13.9 Å². The van der Waals surface area contributed by atoms with Gasteiger partial charge in [-0.3, -0.25) is 4.79 Å². The summed E-state index contributed by atoms with van der Waals surface area (Å²) in [4.78, 5) is 22.0. The number of thiazole rings is 1. The molecule has 5 rings (SSSR count). The predicted octanol–water partition coefficient (Wildman–Crippen LogP) is 4.71. The fraction of sp³-hybridized carbons (Fsp3) is 0.304. The van der Waals surface area contributed by atoms with Crippen molar-refractivity contribution in [1.82, 2.24) is 9.88 Å². The summed E-state index contributed by atoms with van der Waals surface area (Å²) >= 11 is 1.71. The van der Waals surface area contributed by atoms with Crippen molar-refractivity contribution in [2.75, 3.05) is 37.7 Å². The van der Waals surface area contributed by atoms with Crippen LogP contribution in [0.4, 0.5) is 5.13 Å². The third kappa shape index (κ3) is 3.29. The molecule has 1 aliphatic rings. The fourth-order valence-electron chi connectivity index (χ4n) is 3.88. The Morgan fingerprint density at radius 3 is 2.73 bits per heavy atom. The number of rotatable bonds is 4. The molecule has 6 nitrogen and oxygen atoms in total. The molecule has 0 aliphatic carbocycles. The highest BCUT2D eigenvalue weighted by molar-refractivity contribution is 7.22. The first-order chi connectivity index (χ1) is 14.6. The first kappa shape index (κ1) is 18.9. The van der Waals surface area contributed by atoms with Crippen LogP contribution in [-0.4, -0.2) is 48.6 Å². The number of hydrogen-bond donors (Lipinski definition) is 0. The van der Waals surface area contributed by atoms with Crippen molar-refractivity contribution in [3.05, 3.63) is 53.8 Å². The Labute approximate surface area is 178 Å². The van der Waals surface area contributed by atoms with Crippen molar-refractivity contribution >= 4 is 43.6 Å². The number of fused-ring (bicyclic) bond motifs is 2. The molecule has 4 aromatic rings. The smallest absolute Gasteiger partial charge is 0.289 e. The molecule has 3 heterocycles. The lowest BCUT2D eigenvalue weighted by atomic mass is 10.2. The summed E-state index contributed by atoms with van der Waals surface area (Å²) in [6, 6.07) is 13.8. The first-order valence-corrected chi connectivity index (χ1v) is 11.0. The van der Waals surface area contributed by atoms with E-state index in [9.17, 15) is 4.79 Å². The maximum atomic E-state index is 13.0. The van der Waals surface area contributed by atoms with E-state index in [0.29, 0.717) is 36.8 Å². The molecule has 0 N–H and O–H groups in total. The molecule has 0 atom stereocenters. The van der Waals surface area contributed by atoms with E-state index in [0.717, 1.165) is 29.1 Å². The molecule has 30 heavy (non-hydrogen) atoms. The third-order valence-electron chi connectivity index (χ3n) is 5.47. The van der Waals surface area contributed by atoms with Gasteiger partial charge in [0.2, 0.25) is 0 Å². The number of aromatic nitrogens is 1. The number of amides is 1. The van der Waals surface area contributed by atoms with Gasteiger partial charge >= 0.3 is 0 Å². The number of benzene rings is 2. The summed E-state index contributed by atoms with van der Waals surface area (Å²) in [6.07, 6.45) is 0. The SMILES string of the molecule is CCOc1cccc2cc(C(=O)N3CCN(c4nc5c(C)cccc5s4)CC3)oc12. The van der Waals surface area contributed by atoms with Crippen LogP contribution in [0.5, 0.6) is 5.75 Å². The molecule has 1 aliphatic heterocycles. The third-order valence-corrected chi connectivity index (χ3v) is 6.55. The Morgan fingerprint density at radius 1 is 1.17 bits per heavy atom. The van der Waals surface area contributed by atoms with E-state index in [1.807, 2.05) is 36.1 Å². The second-order valence-electron chi connectivity index (χ2n) is 7.42. The van der Waals surface area contributed by atoms with Crippen LogP contribution in [0, 0.1) is 6.92 Å². The lowest BCUT2D eigenvalue weighted by molar-refractivity contribution is 0.0717. The molecule has 2 aromatic heterocycles. The Morgan fingerprint density at radius 2 is 1.97 bits per heavy atom. The van der Waals surface area contributed by atoms with Crippen LogP contribution in [-0.2, 0) is 0 Å².